The van der Waals surface area contributed by atoms with Crippen molar-refractivity contribution in [1.29, 1.82) is 0 Å². The molecule has 0 aliphatic heterocycles. The third-order valence-electron chi connectivity index (χ3n) is 2.95. The van der Waals surface area contributed by atoms with Gasteiger partial charge in [-0.15, -0.1) is 0 Å². The summed E-state index contributed by atoms with van der Waals surface area (Å²) in [5.41, 5.74) is 1.78. The van der Waals surface area contributed by atoms with Crippen LogP contribution in [0.5, 0.6) is 0 Å². The molecule has 5 nitrogen and oxygen atoms in total. The zero-order chi connectivity index (χ0) is 15.5. The Morgan fingerprint density at radius 2 is 2.09 bits per heavy atom. The summed E-state index contributed by atoms with van der Waals surface area (Å²) in [6.07, 6.45) is 1.70. The van der Waals surface area contributed by atoms with Gasteiger partial charge in [-0.2, -0.15) is 0 Å². The summed E-state index contributed by atoms with van der Waals surface area (Å²) in [4.78, 5) is 25.1. The number of hydrogen-bond donors (Lipinski definition) is 1. The van der Waals surface area contributed by atoms with Crippen molar-refractivity contribution in [2.75, 3.05) is 5.32 Å². The van der Waals surface area contributed by atoms with Crippen molar-refractivity contribution in [3.63, 3.8) is 0 Å². The summed E-state index contributed by atoms with van der Waals surface area (Å²) < 4.78 is 1.06. The minimum absolute atomic E-state index is 0.103. The molecule has 0 spiro atoms. The number of carbonyl (C=O) groups is 1. The molecule has 0 aliphatic carbocycles. The van der Waals surface area contributed by atoms with E-state index in [1.165, 1.54) is 23.1 Å². The Morgan fingerprint density at radius 3 is 2.86 bits per heavy atom. The number of thiazole rings is 1. The summed E-state index contributed by atoms with van der Waals surface area (Å²) in [5.74, 6) is -0.103. The van der Waals surface area contributed by atoms with Crippen molar-refractivity contribution in [3.05, 3.63) is 42.2 Å². The monoisotopic (exact) mass is 330 g/mol. The van der Waals surface area contributed by atoms with Gasteiger partial charge < -0.3 is 5.32 Å². The number of aryl methyl sites for hydroxylation is 1. The van der Waals surface area contributed by atoms with Gasteiger partial charge in [0.1, 0.15) is 0 Å². The Kier molecular flexibility index (Phi) is 4.35. The number of aromatic nitrogens is 3. The smallest absolute Gasteiger partial charge is 0.239 e. The number of fused-ring (bicyclic) bond motifs is 1. The van der Waals surface area contributed by atoms with Gasteiger partial charge in [0.25, 0.3) is 0 Å². The van der Waals surface area contributed by atoms with Crippen LogP contribution < -0.4 is 5.32 Å². The number of nitrogens with one attached hydrogen (secondary N) is 1. The predicted octanol–water partition coefficient (Wildman–Crippen LogP) is 3.51. The van der Waals surface area contributed by atoms with Crippen LogP contribution in [0.1, 0.15) is 12.6 Å². The highest BCUT2D eigenvalue weighted by Gasteiger charge is 2.17. The number of anilines is 1. The van der Waals surface area contributed by atoms with Gasteiger partial charge in [-0.25, -0.2) is 15.0 Å². The van der Waals surface area contributed by atoms with Gasteiger partial charge in [-0.05, 0) is 32.0 Å². The molecule has 0 saturated carbocycles. The highest BCUT2D eigenvalue weighted by molar-refractivity contribution is 8.00. The maximum absolute atomic E-state index is 12.3. The van der Waals surface area contributed by atoms with Crippen molar-refractivity contribution >= 4 is 44.4 Å². The second-order valence-electron chi connectivity index (χ2n) is 4.72. The van der Waals surface area contributed by atoms with Gasteiger partial charge in [0.15, 0.2) is 10.3 Å². The van der Waals surface area contributed by atoms with Gasteiger partial charge >= 0.3 is 0 Å². The number of hydrogen-bond acceptors (Lipinski definition) is 6. The maximum atomic E-state index is 12.3. The van der Waals surface area contributed by atoms with E-state index in [4.69, 9.17) is 0 Å². The molecule has 0 bridgehead atoms. The lowest BCUT2D eigenvalue weighted by Gasteiger charge is -2.09. The molecule has 112 valence electrons. The highest BCUT2D eigenvalue weighted by atomic mass is 32.2. The molecule has 1 N–H and O–H groups in total. The van der Waals surface area contributed by atoms with E-state index >= 15 is 0 Å². The van der Waals surface area contributed by atoms with Crippen LogP contribution in [0.25, 0.3) is 10.2 Å². The SMILES string of the molecule is Cc1ccnc(S[C@@H](C)C(=O)Nc2nc3ccccc3s2)n1. The van der Waals surface area contributed by atoms with E-state index in [2.05, 4.69) is 20.3 Å². The molecule has 22 heavy (non-hydrogen) atoms. The first-order valence-electron chi connectivity index (χ1n) is 6.74. The van der Waals surface area contributed by atoms with Crippen molar-refractivity contribution in [1.82, 2.24) is 15.0 Å². The topological polar surface area (TPSA) is 67.8 Å². The molecular formula is C15H14N4OS2. The van der Waals surface area contributed by atoms with Gasteiger partial charge in [0, 0.05) is 11.9 Å². The minimum Gasteiger partial charge on any atom is -0.301 e. The number of nitrogens with zero attached hydrogens (tertiary/aromatic N) is 3. The Balaban J connectivity index is 1.68. The van der Waals surface area contributed by atoms with E-state index < -0.39 is 0 Å². The van der Waals surface area contributed by atoms with Gasteiger partial charge in [-0.3, -0.25) is 4.79 Å². The fraction of sp³-hybridized carbons (Fsp3) is 0.200. The number of carbonyl (C=O) groups excluding carboxylic acids is 1. The molecule has 0 saturated heterocycles. The second-order valence-corrected chi connectivity index (χ2v) is 7.06. The molecule has 2 aromatic heterocycles. The molecule has 0 radical (unpaired) electrons. The normalized spacial score (nSPS) is 12.3. The first-order valence-corrected chi connectivity index (χ1v) is 8.44. The average Bonchev–Trinajstić information content (AvgIpc) is 2.89. The molecule has 1 amide bonds. The van der Waals surface area contributed by atoms with Crippen LogP contribution in [0.15, 0.2) is 41.7 Å². The number of benzene rings is 1. The molecule has 2 heterocycles. The fourth-order valence-corrected chi connectivity index (χ4v) is 3.50. The zero-order valence-electron chi connectivity index (χ0n) is 12.1. The largest absolute Gasteiger partial charge is 0.301 e. The molecule has 0 aliphatic rings. The van der Waals surface area contributed by atoms with Crippen molar-refractivity contribution < 1.29 is 4.79 Å². The van der Waals surface area contributed by atoms with Gasteiger partial charge in [0.2, 0.25) is 5.91 Å². The second kappa shape index (κ2) is 6.41. The minimum atomic E-state index is -0.297. The molecular weight excluding hydrogens is 316 g/mol. The number of rotatable bonds is 4. The number of thioether (sulfide) groups is 1. The van der Waals surface area contributed by atoms with Crippen LogP contribution in [-0.2, 0) is 4.79 Å². The first-order chi connectivity index (χ1) is 10.6. The van der Waals surface area contributed by atoms with E-state index in [9.17, 15) is 4.79 Å². The lowest BCUT2D eigenvalue weighted by Crippen LogP contribution is -2.22. The maximum Gasteiger partial charge on any atom is 0.239 e. The van der Waals surface area contributed by atoms with Crippen LogP contribution in [0.4, 0.5) is 5.13 Å². The lowest BCUT2D eigenvalue weighted by atomic mass is 10.3. The summed E-state index contributed by atoms with van der Waals surface area (Å²) in [5, 5.41) is 3.78. The van der Waals surface area contributed by atoms with Gasteiger partial charge in [-0.1, -0.05) is 35.2 Å². The third kappa shape index (κ3) is 3.42. The predicted molar refractivity (Wildman–Crippen MR) is 90.3 cm³/mol. The summed E-state index contributed by atoms with van der Waals surface area (Å²) >= 11 is 2.80. The number of amides is 1. The Hall–Kier alpha value is -1.99. The quantitative estimate of drug-likeness (QED) is 0.585. The number of para-hydroxylation sites is 1. The van der Waals surface area contributed by atoms with Crippen LogP contribution in [0.3, 0.4) is 0 Å². The Labute approximate surface area is 136 Å². The van der Waals surface area contributed by atoms with Crippen molar-refractivity contribution in [3.8, 4) is 0 Å². The van der Waals surface area contributed by atoms with E-state index in [0.29, 0.717) is 10.3 Å². The highest BCUT2D eigenvalue weighted by Crippen LogP contribution is 2.27. The summed E-state index contributed by atoms with van der Waals surface area (Å²) in [6, 6.07) is 9.64. The average molecular weight is 330 g/mol. The van der Waals surface area contributed by atoms with E-state index in [1.807, 2.05) is 44.2 Å². The van der Waals surface area contributed by atoms with Crippen LogP contribution in [-0.4, -0.2) is 26.1 Å². The zero-order valence-corrected chi connectivity index (χ0v) is 13.7. The molecule has 7 heteroatoms. The summed E-state index contributed by atoms with van der Waals surface area (Å²) in [6.45, 7) is 3.73. The molecule has 1 aromatic carbocycles. The third-order valence-corrected chi connectivity index (χ3v) is 4.88. The molecule has 3 rings (SSSR count). The van der Waals surface area contributed by atoms with Crippen molar-refractivity contribution in [2.45, 2.75) is 24.3 Å². The van der Waals surface area contributed by atoms with Crippen LogP contribution in [0.2, 0.25) is 0 Å². The Morgan fingerprint density at radius 1 is 1.27 bits per heavy atom. The lowest BCUT2D eigenvalue weighted by molar-refractivity contribution is -0.115. The molecule has 0 unspecified atom stereocenters. The molecule has 0 fully saturated rings. The fourth-order valence-electron chi connectivity index (χ4n) is 1.83. The molecule has 3 aromatic rings. The first kappa shape index (κ1) is 14.9. The van der Waals surface area contributed by atoms with E-state index in [-0.39, 0.29) is 11.2 Å². The molecule has 1 atom stereocenters. The van der Waals surface area contributed by atoms with Gasteiger partial charge in [0.05, 0.1) is 15.5 Å². The van der Waals surface area contributed by atoms with E-state index in [0.717, 1.165) is 15.9 Å². The summed E-state index contributed by atoms with van der Waals surface area (Å²) in [7, 11) is 0. The Bertz CT molecular complexity index is 785. The van der Waals surface area contributed by atoms with Crippen molar-refractivity contribution in [2.24, 2.45) is 0 Å². The van der Waals surface area contributed by atoms with E-state index in [1.54, 1.807) is 6.20 Å². The standard InChI is InChI=1S/C15H14N4OS2/c1-9-7-8-16-14(17-9)21-10(2)13(20)19-15-18-11-5-3-4-6-12(11)22-15/h3-8,10H,1-2H3,(H,18,19,20)/t10-/m0/s1. The van der Waals surface area contributed by atoms with Crippen LogP contribution in [0, 0.1) is 6.92 Å². The van der Waals surface area contributed by atoms with Crippen LogP contribution >= 0.6 is 23.1 Å².